The summed E-state index contributed by atoms with van der Waals surface area (Å²) < 4.78 is 57.7. The number of nitrogens with zero attached hydrogens (tertiary/aromatic N) is 1. The van der Waals surface area contributed by atoms with E-state index in [-0.39, 0.29) is 16.6 Å². The van der Waals surface area contributed by atoms with Crippen LogP contribution in [0, 0.1) is 5.95 Å². The average molecular weight is 346 g/mol. The quantitative estimate of drug-likeness (QED) is 0.364. The summed E-state index contributed by atoms with van der Waals surface area (Å²) in [5.41, 5.74) is -0.243. The van der Waals surface area contributed by atoms with Crippen molar-refractivity contribution in [3.05, 3.63) is 23.3 Å². The highest BCUT2D eigenvalue weighted by Gasteiger charge is 2.33. The predicted octanol–water partition coefficient (Wildman–Crippen LogP) is 2.73. The van der Waals surface area contributed by atoms with Crippen LogP contribution >= 0.6 is 15.9 Å². The zero-order valence-electron chi connectivity index (χ0n) is 9.55. The largest absolute Gasteiger partial charge is 0.573 e. The van der Waals surface area contributed by atoms with Crippen LogP contribution in [0.3, 0.4) is 0 Å². The van der Waals surface area contributed by atoms with Crippen LogP contribution < -0.4 is 4.74 Å². The van der Waals surface area contributed by atoms with Gasteiger partial charge in [0.25, 0.3) is 0 Å². The molecule has 0 bridgehead atoms. The maximum atomic E-state index is 13.1. The highest BCUT2D eigenvalue weighted by atomic mass is 79.9. The number of halogens is 5. The van der Waals surface area contributed by atoms with Gasteiger partial charge < -0.3 is 9.47 Å². The number of pyridine rings is 1. The summed E-state index contributed by atoms with van der Waals surface area (Å²) in [5.74, 6) is -2.67. The Morgan fingerprint density at radius 3 is 2.58 bits per heavy atom. The molecule has 0 unspecified atom stereocenters. The molecule has 0 saturated carbocycles. The van der Waals surface area contributed by atoms with Gasteiger partial charge in [-0.05, 0) is 0 Å². The summed E-state index contributed by atoms with van der Waals surface area (Å²) in [5, 5.41) is -0.0853. The number of carbonyl (C=O) groups is 1. The Kier molecular flexibility index (Phi) is 5.10. The van der Waals surface area contributed by atoms with Crippen molar-refractivity contribution in [1.82, 2.24) is 4.98 Å². The smallest absolute Gasteiger partial charge is 0.469 e. The molecule has 1 heterocycles. The van der Waals surface area contributed by atoms with E-state index in [1.807, 2.05) is 0 Å². The zero-order chi connectivity index (χ0) is 14.6. The van der Waals surface area contributed by atoms with E-state index in [0.717, 1.165) is 7.11 Å². The first-order chi connectivity index (χ1) is 8.76. The lowest BCUT2D eigenvalue weighted by molar-refractivity contribution is -0.274. The summed E-state index contributed by atoms with van der Waals surface area (Å²) in [6, 6.07) is 0.505. The van der Waals surface area contributed by atoms with Crippen LogP contribution in [0.2, 0.25) is 0 Å². The van der Waals surface area contributed by atoms with Gasteiger partial charge in [-0.1, -0.05) is 15.9 Å². The fraction of sp³-hybridized carbons (Fsp3) is 0.400. The number of aromatic nitrogens is 1. The second kappa shape index (κ2) is 6.18. The van der Waals surface area contributed by atoms with E-state index in [2.05, 4.69) is 30.4 Å². The van der Waals surface area contributed by atoms with E-state index in [1.165, 1.54) is 0 Å². The van der Waals surface area contributed by atoms with Gasteiger partial charge in [0.1, 0.15) is 5.75 Å². The van der Waals surface area contributed by atoms with Crippen LogP contribution in [-0.2, 0) is 21.3 Å². The lowest BCUT2D eigenvalue weighted by Gasteiger charge is -2.14. The summed E-state index contributed by atoms with van der Waals surface area (Å²) in [7, 11) is 1.10. The van der Waals surface area contributed by atoms with Gasteiger partial charge in [0.2, 0.25) is 5.95 Å². The topological polar surface area (TPSA) is 48.4 Å². The maximum Gasteiger partial charge on any atom is 0.573 e. The molecule has 1 aromatic heterocycles. The number of methoxy groups -OCH3 is 1. The molecule has 1 aromatic rings. The predicted molar refractivity (Wildman–Crippen MR) is 59.2 cm³/mol. The number of rotatable bonds is 4. The number of ether oxygens (including phenoxy) is 2. The third-order valence-electron chi connectivity index (χ3n) is 2.04. The minimum Gasteiger partial charge on any atom is -0.469 e. The summed E-state index contributed by atoms with van der Waals surface area (Å²) in [6.07, 6.45) is -5.42. The van der Waals surface area contributed by atoms with Crippen molar-refractivity contribution in [3.63, 3.8) is 0 Å². The van der Waals surface area contributed by atoms with Crippen LogP contribution in [0.1, 0.15) is 11.3 Å². The first-order valence-corrected chi connectivity index (χ1v) is 5.95. The van der Waals surface area contributed by atoms with Gasteiger partial charge in [-0.2, -0.15) is 4.39 Å². The molecule has 0 aliphatic heterocycles. The highest BCUT2D eigenvalue weighted by Crippen LogP contribution is 2.30. The van der Waals surface area contributed by atoms with Crippen LogP contribution in [0.5, 0.6) is 5.75 Å². The summed E-state index contributed by atoms with van der Waals surface area (Å²) >= 11 is 2.94. The maximum absolute atomic E-state index is 13.1. The molecule has 0 N–H and O–H groups in total. The Morgan fingerprint density at radius 1 is 1.47 bits per heavy atom. The Bertz CT molecular complexity index is 479. The summed E-state index contributed by atoms with van der Waals surface area (Å²) in [4.78, 5) is 14.5. The fourth-order valence-corrected chi connectivity index (χ4v) is 1.88. The van der Waals surface area contributed by atoms with Crippen LogP contribution in [0.25, 0.3) is 0 Å². The lowest BCUT2D eigenvalue weighted by atomic mass is 10.1. The Labute approximate surface area is 113 Å². The van der Waals surface area contributed by atoms with Crippen molar-refractivity contribution in [2.45, 2.75) is 18.1 Å². The number of esters is 1. The minimum atomic E-state index is -4.97. The average Bonchev–Trinajstić information content (AvgIpc) is 2.26. The molecule has 1 rings (SSSR count). The van der Waals surface area contributed by atoms with Gasteiger partial charge in [-0.15, -0.1) is 13.2 Å². The molecular weight excluding hydrogens is 338 g/mol. The van der Waals surface area contributed by atoms with Crippen LogP contribution in [-0.4, -0.2) is 24.4 Å². The van der Waals surface area contributed by atoms with Crippen LogP contribution in [0.4, 0.5) is 17.6 Å². The van der Waals surface area contributed by atoms with Crippen molar-refractivity contribution in [1.29, 1.82) is 0 Å². The number of alkyl halides is 4. The van der Waals surface area contributed by atoms with Crippen molar-refractivity contribution < 1.29 is 31.8 Å². The number of hydrogen-bond acceptors (Lipinski definition) is 4. The standard InChI is InChI=1S/C10H8BrF4NO3/c1-18-9(17)2-6-5(4-11)7(3-8(12)16-6)19-10(13,14)15/h3H,2,4H2,1H3. The van der Waals surface area contributed by atoms with Gasteiger partial charge in [-0.3, -0.25) is 4.79 Å². The molecule has 0 aromatic carbocycles. The third kappa shape index (κ3) is 4.66. The summed E-state index contributed by atoms with van der Waals surface area (Å²) in [6.45, 7) is 0. The molecule has 0 atom stereocenters. The van der Waals surface area contributed by atoms with Crippen molar-refractivity contribution in [2.24, 2.45) is 0 Å². The van der Waals surface area contributed by atoms with E-state index >= 15 is 0 Å². The molecule has 19 heavy (non-hydrogen) atoms. The van der Waals surface area contributed by atoms with Gasteiger partial charge in [0.05, 0.1) is 19.2 Å². The molecule has 106 valence electrons. The Balaban J connectivity index is 3.20. The molecule has 0 spiro atoms. The number of carbonyl (C=O) groups excluding carboxylic acids is 1. The second-order valence-electron chi connectivity index (χ2n) is 3.30. The molecule has 0 aliphatic rings. The van der Waals surface area contributed by atoms with Crippen LogP contribution in [0.15, 0.2) is 6.07 Å². The van der Waals surface area contributed by atoms with Crippen molar-refractivity contribution >= 4 is 21.9 Å². The highest BCUT2D eigenvalue weighted by molar-refractivity contribution is 9.08. The van der Waals surface area contributed by atoms with Gasteiger partial charge in [0, 0.05) is 17.0 Å². The first-order valence-electron chi connectivity index (χ1n) is 4.83. The molecule has 0 aliphatic carbocycles. The SMILES string of the molecule is COC(=O)Cc1nc(F)cc(OC(F)(F)F)c1CBr. The Hall–Kier alpha value is -1.38. The van der Waals surface area contributed by atoms with Crippen molar-refractivity contribution in [3.8, 4) is 5.75 Å². The normalized spacial score (nSPS) is 11.3. The van der Waals surface area contributed by atoms with E-state index < -0.39 is 30.4 Å². The molecule has 0 radical (unpaired) electrons. The third-order valence-corrected chi connectivity index (χ3v) is 2.60. The fourth-order valence-electron chi connectivity index (χ4n) is 1.28. The van der Waals surface area contributed by atoms with Crippen molar-refractivity contribution in [2.75, 3.05) is 7.11 Å². The molecule has 4 nitrogen and oxygen atoms in total. The van der Waals surface area contributed by atoms with E-state index in [4.69, 9.17) is 0 Å². The molecule has 9 heteroatoms. The molecular formula is C10H8BrF4NO3. The second-order valence-corrected chi connectivity index (χ2v) is 3.86. The Morgan fingerprint density at radius 2 is 2.11 bits per heavy atom. The van der Waals surface area contributed by atoms with Gasteiger partial charge in [0.15, 0.2) is 0 Å². The molecule has 0 amide bonds. The lowest BCUT2D eigenvalue weighted by Crippen LogP contribution is -2.19. The van der Waals surface area contributed by atoms with E-state index in [1.54, 1.807) is 0 Å². The number of hydrogen-bond donors (Lipinski definition) is 0. The van der Waals surface area contributed by atoms with Gasteiger partial charge in [-0.25, -0.2) is 4.98 Å². The minimum absolute atomic E-state index is 0.0656. The van der Waals surface area contributed by atoms with E-state index in [9.17, 15) is 22.4 Å². The zero-order valence-corrected chi connectivity index (χ0v) is 11.1. The van der Waals surface area contributed by atoms with E-state index in [0.29, 0.717) is 6.07 Å². The first kappa shape index (κ1) is 15.7. The molecule has 0 saturated heterocycles. The van der Waals surface area contributed by atoms with Gasteiger partial charge >= 0.3 is 12.3 Å². The monoisotopic (exact) mass is 345 g/mol. The molecule has 0 fully saturated rings.